The molecular formula is C26H23ClN8O2. The van der Waals surface area contributed by atoms with Gasteiger partial charge in [0.15, 0.2) is 5.82 Å². The molecule has 1 N–H and O–H groups in total. The molecule has 5 aromatic rings. The monoisotopic (exact) mass is 514 g/mol. The Hall–Kier alpha value is -4.02. The maximum atomic E-state index is 6.58. The molecule has 0 atom stereocenters. The van der Waals surface area contributed by atoms with Crippen LogP contribution < -0.4 is 15.0 Å². The van der Waals surface area contributed by atoms with Crippen LogP contribution in [0.25, 0.3) is 22.1 Å². The van der Waals surface area contributed by atoms with Crippen LogP contribution in [0, 0.1) is 5.41 Å². The molecule has 5 heterocycles. The van der Waals surface area contributed by atoms with Crippen LogP contribution in [-0.2, 0) is 11.8 Å². The van der Waals surface area contributed by atoms with E-state index in [1.54, 1.807) is 18.6 Å². The third-order valence-electron chi connectivity index (χ3n) is 7.00. The quantitative estimate of drug-likeness (QED) is 0.356. The minimum atomic E-state index is 0.247. The highest BCUT2D eigenvalue weighted by Crippen LogP contribution is 2.40. The van der Waals surface area contributed by atoms with E-state index in [0.717, 1.165) is 49.4 Å². The number of nitrogens with one attached hydrogen (secondary N) is 1. The van der Waals surface area contributed by atoms with E-state index in [-0.39, 0.29) is 5.41 Å². The zero-order chi connectivity index (χ0) is 25.0. The van der Waals surface area contributed by atoms with Crippen molar-refractivity contribution in [2.24, 2.45) is 12.5 Å². The summed E-state index contributed by atoms with van der Waals surface area (Å²) in [6, 6.07) is 11.3. The van der Waals surface area contributed by atoms with Crippen molar-refractivity contribution in [3.8, 4) is 11.5 Å². The number of aryl methyl sites for hydroxylation is 1. The predicted molar refractivity (Wildman–Crippen MR) is 141 cm³/mol. The first-order chi connectivity index (χ1) is 18.1. The SMILES string of the molecule is Cn1cnc2cc(Oc3ccc(Nc4ncnc5cnc(N6CC7(CCOC7)C6)nc45)cc3Cl)ccc21. The summed E-state index contributed by atoms with van der Waals surface area (Å²) in [5.74, 6) is 2.46. The summed E-state index contributed by atoms with van der Waals surface area (Å²) in [6.45, 7) is 3.45. The number of hydrogen-bond acceptors (Lipinski definition) is 9. The Bertz CT molecular complexity index is 1640. The van der Waals surface area contributed by atoms with E-state index in [1.807, 2.05) is 41.9 Å². The van der Waals surface area contributed by atoms with Gasteiger partial charge >= 0.3 is 0 Å². The number of fused-ring (bicyclic) bond motifs is 2. The van der Waals surface area contributed by atoms with Crippen LogP contribution in [-0.4, -0.2) is 55.8 Å². The molecule has 7 rings (SSSR count). The first kappa shape index (κ1) is 22.2. The minimum Gasteiger partial charge on any atom is -0.456 e. The van der Waals surface area contributed by atoms with Gasteiger partial charge in [-0.05, 0) is 36.8 Å². The van der Waals surface area contributed by atoms with Gasteiger partial charge in [0.1, 0.15) is 28.9 Å². The molecule has 0 aliphatic carbocycles. The molecule has 37 heavy (non-hydrogen) atoms. The third-order valence-corrected chi connectivity index (χ3v) is 7.30. The normalized spacial score (nSPS) is 16.4. The van der Waals surface area contributed by atoms with Crippen molar-refractivity contribution in [3.63, 3.8) is 0 Å². The molecule has 0 radical (unpaired) electrons. The highest BCUT2D eigenvalue weighted by atomic mass is 35.5. The van der Waals surface area contributed by atoms with Crippen molar-refractivity contribution in [2.45, 2.75) is 6.42 Å². The van der Waals surface area contributed by atoms with Gasteiger partial charge in [0.2, 0.25) is 5.95 Å². The summed E-state index contributed by atoms with van der Waals surface area (Å²) in [7, 11) is 1.96. The van der Waals surface area contributed by atoms with Crippen molar-refractivity contribution < 1.29 is 9.47 Å². The number of anilines is 3. The minimum absolute atomic E-state index is 0.247. The molecule has 10 nitrogen and oxygen atoms in total. The predicted octanol–water partition coefficient (Wildman–Crippen LogP) is 4.72. The van der Waals surface area contributed by atoms with E-state index >= 15 is 0 Å². The lowest BCUT2D eigenvalue weighted by atomic mass is 9.79. The first-order valence-corrected chi connectivity index (χ1v) is 12.4. The van der Waals surface area contributed by atoms with Gasteiger partial charge in [0.05, 0.1) is 35.2 Å². The fourth-order valence-electron chi connectivity index (χ4n) is 5.00. The molecule has 186 valence electrons. The van der Waals surface area contributed by atoms with Crippen LogP contribution in [0.1, 0.15) is 6.42 Å². The van der Waals surface area contributed by atoms with Crippen molar-refractivity contribution in [2.75, 3.05) is 36.5 Å². The maximum Gasteiger partial charge on any atom is 0.226 e. The Morgan fingerprint density at radius 3 is 2.81 bits per heavy atom. The largest absolute Gasteiger partial charge is 0.456 e. The number of ether oxygens (including phenoxy) is 2. The second kappa shape index (κ2) is 8.53. The molecule has 0 saturated carbocycles. The maximum absolute atomic E-state index is 6.58. The highest BCUT2D eigenvalue weighted by Gasteiger charge is 2.46. The van der Waals surface area contributed by atoms with Gasteiger partial charge in [-0.25, -0.2) is 24.9 Å². The van der Waals surface area contributed by atoms with E-state index in [0.29, 0.717) is 39.3 Å². The summed E-state index contributed by atoms with van der Waals surface area (Å²) in [5, 5.41) is 3.79. The Morgan fingerprint density at radius 2 is 1.97 bits per heavy atom. The zero-order valence-electron chi connectivity index (χ0n) is 20.1. The molecule has 2 aromatic carbocycles. The van der Waals surface area contributed by atoms with E-state index in [9.17, 15) is 0 Å². The third kappa shape index (κ3) is 3.98. The van der Waals surface area contributed by atoms with Gasteiger partial charge in [-0.1, -0.05) is 11.6 Å². The van der Waals surface area contributed by atoms with Crippen molar-refractivity contribution in [1.29, 1.82) is 0 Å². The van der Waals surface area contributed by atoms with Crippen LogP contribution in [0.15, 0.2) is 55.2 Å². The lowest BCUT2D eigenvalue weighted by Gasteiger charge is -2.47. The van der Waals surface area contributed by atoms with Crippen LogP contribution in [0.5, 0.6) is 11.5 Å². The molecule has 2 saturated heterocycles. The summed E-state index contributed by atoms with van der Waals surface area (Å²) < 4.78 is 13.6. The van der Waals surface area contributed by atoms with E-state index in [4.69, 9.17) is 26.1 Å². The standard InChI is InChI=1S/C26H23ClN8O2/c1-34-15-31-19-9-17(3-4-21(19)34)37-22-5-2-16(8-18(22)27)32-24-23-20(29-14-30-24)10-28-25(33-23)35-11-26(12-35)6-7-36-13-26/h2-5,8-10,14-15H,6-7,11-13H2,1H3,(H,29,30,32). The van der Waals surface area contributed by atoms with Crippen LogP contribution in [0.4, 0.5) is 17.5 Å². The number of hydrogen-bond donors (Lipinski definition) is 1. The molecule has 3 aromatic heterocycles. The Kier molecular flexibility index (Phi) is 5.12. The Balaban J connectivity index is 1.11. The van der Waals surface area contributed by atoms with Crippen molar-refractivity contribution in [3.05, 3.63) is 60.3 Å². The number of imidazole rings is 1. The number of benzene rings is 2. The Labute approximate surface area is 217 Å². The highest BCUT2D eigenvalue weighted by molar-refractivity contribution is 6.32. The fourth-order valence-corrected chi connectivity index (χ4v) is 5.22. The van der Waals surface area contributed by atoms with Gasteiger partial charge in [0, 0.05) is 43.9 Å². The summed E-state index contributed by atoms with van der Waals surface area (Å²) in [6.07, 6.45) is 6.10. The smallest absolute Gasteiger partial charge is 0.226 e. The number of halogens is 1. The van der Waals surface area contributed by atoms with Crippen LogP contribution in [0.2, 0.25) is 5.02 Å². The summed E-state index contributed by atoms with van der Waals surface area (Å²) >= 11 is 6.58. The van der Waals surface area contributed by atoms with Gasteiger partial charge in [0.25, 0.3) is 0 Å². The molecule has 2 fully saturated rings. The van der Waals surface area contributed by atoms with Gasteiger partial charge in [-0.3, -0.25) is 0 Å². The summed E-state index contributed by atoms with van der Waals surface area (Å²) in [4.78, 5) is 24.6. The van der Waals surface area contributed by atoms with Crippen molar-refractivity contribution >= 4 is 51.1 Å². The number of rotatable bonds is 5. The van der Waals surface area contributed by atoms with Gasteiger partial charge in [-0.15, -0.1) is 0 Å². The van der Waals surface area contributed by atoms with Crippen LogP contribution in [0.3, 0.4) is 0 Å². The zero-order valence-corrected chi connectivity index (χ0v) is 20.8. The topological polar surface area (TPSA) is 103 Å². The molecule has 0 amide bonds. The average molecular weight is 515 g/mol. The molecule has 2 aliphatic rings. The molecule has 11 heteroatoms. The Morgan fingerprint density at radius 1 is 1.05 bits per heavy atom. The van der Waals surface area contributed by atoms with Gasteiger partial charge in [-0.2, -0.15) is 0 Å². The van der Waals surface area contributed by atoms with E-state index < -0.39 is 0 Å². The van der Waals surface area contributed by atoms with Gasteiger partial charge < -0.3 is 24.3 Å². The number of nitrogens with zero attached hydrogens (tertiary/aromatic N) is 7. The lowest BCUT2D eigenvalue weighted by molar-refractivity contribution is 0.130. The average Bonchev–Trinajstić information content (AvgIpc) is 3.52. The molecule has 0 bridgehead atoms. The fraction of sp³-hybridized carbons (Fsp3) is 0.269. The molecule has 2 aliphatic heterocycles. The lowest BCUT2D eigenvalue weighted by Crippen LogP contribution is -2.57. The van der Waals surface area contributed by atoms with Crippen LogP contribution >= 0.6 is 11.6 Å². The van der Waals surface area contributed by atoms with E-state index in [2.05, 4.69) is 30.2 Å². The van der Waals surface area contributed by atoms with Crippen molar-refractivity contribution in [1.82, 2.24) is 29.5 Å². The second-order valence-corrected chi connectivity index (χ2v) is 10.1. The number of aromatic nitrogens is 6. The molecular weight excluding hydrogens is 492 g/mol. The molecule has 0 unspecified atom stereocenters. The molecule has 1 spiro atoms. The first-order valence-electron chi connectivity index (χ1n) is 12.0. The summed E-state index contributed by atoms with van der Waals surface area (Å²) in [5.41, 5.74) is 4.20. The second-order valence-electron chi connectivity index (χ2n) is 9.66. The van der Waals surface area contributed by atoms with E-state index in [1.165, 1.54) is 6.33 Å².